The predicted molar refractivity (Wildman–Crippen MR) is 239 cm³/mol. The monoisotopic (exact) mass is 1050 g/mol. The lowest BCUT2D eigenvalue weighted by Crippen LogP contribution is -2.49. The van der Waals surface area contributed by atoms with Crippen molar-refractivity contribution in [1.29, 1.82) is 0 Å². The molecule has 25 nitrogen and oxygen atoms in total. The molecule has 0 bridgehead atoms. The molecule has 386 valence electrons. The number of aliphatic carboxylic acids is 3. The highest BCUT2D eigenvalue weighted by molar-refractivity contribution is 8.03. The van der Waals surface area contributed by atoms with E-state index in [-0.39, 0.29) is 40.5 Å². The number of hydrogen-bond acceptors (Lipinski definition) is 26. The first-order chi connectivity index (χ1) is 33.0. The van der Waals surface area contributed by atoms with Gasteiger partial charge in [0.2, 0.25) is 11.8 Å². The smallest absolute Gasteiger partial charge is 0.351 e. The van der Waals surface area contributed by atoms with Crippen molar-refractivity contribution in [1.82, 2.24) is 26.6 Å². The zero-order valence-corrected chi connectivity index (χ0v) is 41.7. The molecule has 3 saturated heterocycles. The molecule has 1 aromatic rings. The maximum Gasteiger partial charge on any atom is 0.351 e. The number of thioether (sulfide) groups is 3. The standard InChI is InChI=1S/C43H51N5O20S3/c1-19(49)47-24(33(53)54)17-70-31(28-37(59)65-42(5,6)66-38(28)60)45-15-22-11-21(14-44-30(69-10-9-26(51)52)27-35(57)63-41(3,4)64-36(27)58)12-23(13-22)16-46-32(71-18-25(34(55)56)48-20(2)50)29-39(61)67-43(7,8)68-40(29)62/h11-13,24-25,44-46H,9-10,14-18H2,1-8H3,(H,47,49)(H,48,50)(H,51,52)(H,53,54)(H,55,56)/p-3. The Morgan fingerprint density at radius 2 is 0.761 bits per heavy atom. The molecule has 4 rings (SSSR count). The first-order valence-corrected chi connectivity index (χ1v) is 23.9. The highest BCUT2D eigenvalue weighted by Gasteiger charge is 2.44. The molecular weight excluding hydrogens is 1000 g/mol. The Balaban J connectivity index is 1.82. The summed E-state index contributed by atoms with van der Waals surface area (Å²) < 4.78 is 31.6. The fourth-order valence-electron chi connectivity index (χ4n) is 6.24. The summed E-state index contributed by atoms with van der Waals surface area (Å²) in [6.45, 7) is 9.12. The second-order valence-electron chi connectivity index (χ2n) is 16.6. The van der Waals surface area contributed by atoms with Crippen LogP contribution in [-0.4, -0.2) is 112 Å². The van der Waals surface area contributed by atoms with Crippen LogP contribution in [0, 0.1) is 0 Å². The zero-order valence-electron chi connectivity index (χ0n) is 39.2. The van der Waals surface area contributed by atoms with Crippen molar-refractivity contribution in [3.8, 4) is 0 Å². The second-order valence-corrected chi connectivity index (χ2v) is 19.8. The number of carboxylic acid groups (broad SMARTS) is 3. The Labute approximate surface area is 417 Å². The summed E-state index contributed by atoms with van der Waals surface area (Å²) in [4.78, 5) is 138. The summed E-state index contributed by atoms with van der Waals surface area (Å²) in [5.74, 6) is -19.1. The van der Waals surface area contributed by atoms with Gasteiger partial charge in [0.15, 0.2) is 16.7 Å². The van der Waals surface area contributed by atoms with Gasteiger partial charge >= 0.3 is 35.8 Å². The molecule has 3 aliphatic rings. The Morgan fingerprint density at radius 3 is 1.00 bits per heavy atom. The van der Waals surface area contributed by atoms with E-state index >= 15 is 0 Å². The molecule has 0 aliphatic carbocycles. The fraction of sp³-hybridized carbons (Fsp3) is 0.465. The van der Waals surface area contributed by atoms with E-state index in [9.17, 15) is 68.1 Å². The van der Waals surface area contributed by atoms with Gasteiger partial charge < -0.3 is 84.7 Å². The van der Waals surface area contributed by atoms with Crippen LogP contribution >= 0.6 is 35.3 Å². The topological polar surface area (TPSA) is 372 Å². The molecule has 5 N–H and O–H groups in total. The zero-order chi connectivity index (χ0) is 53.2. The van der Waals surface area contributed by atoms with E-state index in [1.165, 1.54) is 41.5 Å². The molecule has 3 fully saturated rings. The number of nitrogens with one attached hydrogen (secondary N) is 5. The third-order valence-corrected chi connectivity index (χ3v) is 12.4. The summed E-state index contributed by atoms with van der Waals surface area (Å²) in [6.07, 6.45) is -0.498. The van der Waals surface area contributed by atoms with Crippen LogP contribution in [0.3, 0.4) is 0 Å². The number of benzene rings is 1. The maximum absolute atomic E-state index is 13.3. The quantitative estimate of drug-likeness (QED) is 0.0314. The van der Waals surface area contributed by atoms with Gasteiger partial charge in [0.05, 0.1) is 39.1 Å². The molecule has 0 saturated carbocycles. The van der Waals surface area contributed by atoms with Gasteiger partial charge in [0.25, 0.3) is 17.4 Å². The van der Waals surface area contributed by atoms with Gasteiger partial charge in [0, 0.05) is 98.3 Å². The lowest BCUT2D eigenvalue weighted by atomic mass is 10.0. The second kappa shape index (κ2) is 23.8. The number of carboxylic acids is 3. The largest absolute Gasteiger partial charge is 0.550 e. The number of cyclic esters (lactones) is 6. The average molecular weight is 1050 g/mol. The Hall–Kier alpha value is -6.94. The molecule has 3 heterocycles. The van der Waals surface area contributed by atoms with Gasteiger partial charge in [-0.3, -0.25) is 9.59 Å². The molecule has 0 aromatic heterocycles. The van der Waals surface area contributed by atoms with E-state index in [2.05, 4.69) is 26.6 Å². The number of esters is 6. The minimum atomic E-state index is -1.69. The Kier molecular flexibility index (Phi) is 19.0. The molecule has 2 amide bonds. The van der Waals surface area contributed by atoms with E-state index in [4.69, 9.17) is 28.4 Å². The van der Waals surface area contributed by atoms with Gasteiger partial charge in [-0.15, -0.1) is 35.3 Å². The fourth-order valence-corrected chi connectivity index (χ4v) is 9.27. The highest BCUT2D eigenvalue weighted by Crippen LogP contribution is 2.32. The molecule has 3 aliphatic heterocycles. The van der Waals surface area contributed by atoms with Crippen LogP contribution in [0.4, 0.5) is 0 Å². The van der Waals surface area contributed by atoms with Crippen LogP contribution in [0.15, 0.2) is 50.0 Å². The number of ether oxygens (including phenoxy) is 6. The predicted octanol–water partition coefficient (Wildman–Crippen LogP) is -3.05. The molecule has 0 spiro atoms. The van der Waals surface area contributed by atoms with Crippen LogP contribution in [0.2, 0.25) is 0 Å². The number of rotatable bonds is 23. The number of carbonyl (C=O) groups excluding carboxylic acids is 11. The van der Waals surface area contributed by atoms with E-state index in [1.807, 2.05) is 0 Å². The average Bonchev–Trinajstić information content (AvgIpc) is 3.20. The SMILES string of the molecule is CC(=O)NC(CSC(NCc1cc(CNC(SCCC(=O)[O-])=C2C(=O)OC(C)(C)OC2=O)cc(CNC(SCC(NC(C)=O)C(=O)[O-])=C2C(=O)OC(C)(C)OC2=O)c1)=C1C(=O)OC(C)(C)OC1=O)C(=O)[O-]. The Bertz CT molecular complexity index is 2310. The summed E-state index contributed by atoms with van der Waals surface area (Å²) in [5.41, 5.74) is -0.939. The van der Waals surface area contributed by atoms with Crippen LogP contribution in [0.5, 0.6) is 0 Å². The molecule has 1 aromatic carbocycles. The maximum atomic E-state index is 13.3. The molecule has 2 atom stereocenters. The van der Waals surface area contributed by atoms with E-state index in [0.29, 0.717) is 40.2 Å². The molecule has 71 heavy (non-hydrogen) atoms. The third kappa shape index (κ3) is 16.9. The van der Waals surface area contributed by atoms with Gasteiger partial charge in [-0.25, -0.2) is 28.8 Å². The van der Waals surface area contributed by atoms with E-state index < -0.39 is 130 Å². The number of carbonyl (C=O) groups is 11. The minimum Gasteiger partial charge on any atom is -0.550 e. The van der Waals surface area contributed by atoms with Crippen molar-refractivity contribution in [3.63, 3.8) is 0 Å². The third-order valence-electron chi connectivity index (χ3n) is 9.07. The van der Waals surface area contributed by atoms with Crippen LogP contribution in [0.1, 0.15) is 78.5 Å². The van der Waals surface area contributed by atoms with Gasteiger partial charge in [-0.2, -0.15) is 0 Å². The van der Waals surface area contributed by atoms with Gasteiger partial charge in [0.1, 0.15) is 0 Å². The van der Waals surface area contributed by atoms with E-state index in [0.717, 1.165) is 25.6 Å². The van der Waals surface area contributed by atoms with E-state index in [1.54, 1.807) is 18.2 Å². The molecular formula is C43H48N5O20S3-3. The molecule has 28 heteroatoms. The van der Waals surface area contributed by atoms with Gasteiger partial charge in [-0.1, -0.05) is 18.2 Å². The summed E-state index contributed by atoms with van der Waals surface area (Å²) in [6, 6.07) is 1.42. The summed E-state index contributed by atoms with van der Waals surface area (Å²) in [5, 5.41) is 47.6. The number of amides is 2. The number of hydrogen-bond donors (Lipinski definition) is 5. The lowest BCUT2D eigenvalue weighted by Gasteiger charge is -2.31. The van der Waals surface area contributed by atoms with Crippen molar-refractivity contribution < 1.29 is 96.5 Å². The van der Waals surface area contributed by atoms with Gasteiger partial charge in [-0.05, 0) is 23.1 Å². The first kappa shape index (κ1) is 56.6. The van der Waals surface area contributed by atoms with Crippen molar-refractivity contribution in [3.05, 3.63) is 66.7 Å². The lowest BCUT2D eigenvalue weighted by molar-refractivity contribution is -0.308. The first-order valence-electron chi connectivity index (χ1n) is 21.0. The van der Waals surface area contributed by atoms with Crippen molar-refractivity contribution in [2.45, 2.75) is 111 Å². The summed E-state index contributed by atoms with van der Waals surface area (Å²) in [7, 11) is 0. The van der Waals surface area contributed by atoms with Crippen molar-refractivity contribution >= 4 is 101 Å². The van der Waals surface area contributed by atoms with Crippen LogP contribution in [-0.2, 0) is 101 Å². The Morgan fingerprint density at radius 1 is 0.493 bits per heavy atom. The van der Waals surface area contributed by atoms with Crippen molar-refractivity contribution in [2.75, 3.05) is 17.3 Å². The normalized spacial score (nSPS) is 17.6. The minimum absolute atomic E-state index is 0.149. The summed E-state index contributed by atoms with van der Waals surface area (Å²) >= 11 is 2.00. The highest BCUT2D eigenvalue weighted by atomic mass is 32.2. The molecule has 2 unspecified atom stereocenters. The van der Waals surface area contributed by atoms with Crippen molar-refractivity contribution in [2.24, 2.45) is 0 Å². The van der Waals surface area contributed by atoms with Crippen LogP contribution < -0.4 is 41.9 Å². The molecule has 0 radical (unpaired) electrons. The van der Waals surface area contributed by atoms with Crippen LogP contribution in [0.25, 0.3) is 0 Å².